The van der Waals surface area contributed by atoms with Gasteiger partial charge in [0.25, 0.3) is 0 Å². The molecule has 45 heavy (non-hydrogen) atoms. The first-order valence-electron chi connectivity index (χ1n) is 15.0. The summed E-state index contributed by atoms with van der Waals surface area (Å²) in [6.45, 7) is 7.04. The number of anilines is 6. The number of hydrogen-bond acceptors (Lipinski definition) is 11. The summed E-state index contributed by atoms with van der Waals surface area (Å²) >= 11 is 10.3. The van der Waals surface area contributed by atoms with E-state index < -0.39 is 10.0 Å². The molecule has 0 spiro atoms. The fourth-order valence-electron chi connectivity index (χ4n) is 6.09. The number of piperidine rings is 1. The lowest BCUT2D eigenvalue weighted by molar-refractivity contribution is 0.0982. The zero-order valence-corrected chi connectivity index (χ0v) is 28.7. The highest BCUT2D eigenvalue weighted by Crippen LogP contribution is 2.40. The van der Waals surface area contributed by atoms with Crippen molar-refractivity contribution in [3.8, 4) is 11.5 Å². The van der Waals surface area contributed by atoms with Gasteiger partial charge in [-0.05, 0) is 53.5 Å². The molecule has 6 rings (SSSR count). The van der Waals surface area contributed by atoms with Gasteiger partial charge in [-0.1, -0.05) is 11.6 Å². The van der Waals surface area contributed by atoms with Crippen molar-refractivity contribution in [3.05, 3.63) is 45.5 Å². The molecule has 3 aliphatic heterocycles. The van der Waals surface area contributed by atoms with E-state index in [1.165, 1.54) is 6.20 Å². The van der Waals surface area contributed by atoms with E-state index in [4.69, 9.17) is 21.1 Å². The zero-order chi connectivity index (χ0) is 31.7. The quantitative estimate of drug-likeness (QED) is 0.279. The lowest BCUT2D eigenvalue weighted by atomic mass is 10.0. The van der Waals surface area contributed by atoms with Crippen LogP contribution in [0.15, 0.2) is 34.9 Å². The van der Waals surface area contributed by atoms with Crippen LogP contribution in [-0.4, -0.2) is 101 Å². The maximum absolute atomic E-state index is 12.1. The van der Waals surface area contributed by atoms with Crippen LogP contribution in [0.1, 0.15) is 18.4 Å². The average Bonchev–Trinajstić information content (AvgIpc) is 3.46. The summed E-state index contributed by atoms with van der Waals surface area (Å²) in [6.07, 6.45) is 5.54. The minimum absolute atomic E-state index is 0.260. The molecule has 0 bridgehead atoms. The third kappa shape index (κ3) is 7.51. The maximum atomic E-state index is 12.1. The summed E-state index contributed by atoms with van der Waals surface area (Å²) in [6, 6.07) is 8.14. The summed E-state index contributed by atoms with van der Waals surface area (Å²) < 4.78 is 39.1. The molecule has 2 aromatic carbocycles. The van der Waals surface area contributed by atoms with Crippen LogP contribution < -0.4 is 29.7 Å². The number of likely N-dealkylation sites (N-methyl/N-ethyl adjacent to an activating group) is 1. The van der Waals surface area contributed by atoms with Gasteiger partial charge < -0.3 is 29.9 Å². The maximum Gasteiger partial charge on any atom is 0.229 e. The van der Waals surface area contributed by atoms with E-state index in [-0.39, 0.29) is 11.0 Å². The highest BCUT2D eigenvalue weighted by molar-refractivity contribution is 9.10. The van der Waals surface area contributed by atoms with Crippen LogP contribution in [0, 0.1) is 0 Å². The molecular weight excluding hydrogens is 684 g/mol. The molecule has 3 aliphatic rings. The minimum atomic E-state index is -3.54. The Morgan fingerprint density at radius 2 is 1.78 bits per heavy atom. The van der Waals surface area contributed by atoms with Gasteiger partial charge in [-0.15, -0.1) is 0 Å². The second-order valence-corrected chi connectivity index (χ2v) is 14.7. The lowest BCUT2D eigenvalue weighted by Gasteiger charge is -2.42. The first-order chi connectivity index (χ1) is 21.6. The third-order valence-corrected chi connectivity index (χ3v) is 10.00. The molecule has 12 nitrogen and oxygen atoms in total. The van der Waals surface area contributed by atoms with Crippen molar-refractivity contribution in [3.63, 3.8) is 0 Å². The van der Waals surface area contributed by atoms with Gasteiger partial charge in [-0.25, -0.2) is 13.4 Å². The first kappa shape index (κ1) is 31.9. The Bertz CT molecular complexity index is 1660. The monoisotopic (exact) mass is 720 g/mol. The number of halogens is 2. The van der Waals surface area contributed by atoms with Crippen LogP contribution in [0.3, 0.4) is 0 Å². The van der Waals surface area contributed by atoms with Crippen molar-refractivity contribution in [2.75, 3.05) is 86.5 Å². The number of piperazine rings is 1. The van der Waals surface area contributed by atoms with Crippen molar-refractivity contribution in [1.29, 1.82) is 0 Å². The van der Waals surface area contributed by atoms with Crippen molar-refractivity contribution < 1.29 is 17.9 Å². The molecule has 0 saturated carbocycles. The highest BCUT2D eigenvalue weighted by atomic mass is 79.9. The molecular formula is C30H38BrClN8O4S. The van der Waals surface area contributed by atoms with Gasteiger partial charge in [0.05, 0.1) is 48.9 Å². The molecule has 3 N–H and O–H groups in total. The number of benzene rings is 2. The number of methoxy groups -OCH3 is 1. The molecule has 242 valence electrons. The van der Waals surface area contributed by atoms with Crippen molar-refractivity contribution >= 4 is 72.1 Å². The van der Waals surface area contributed by atoms with Crippen LogP contribution in [0.2, 0.25) is 5.02 Å². The van der Waals surface area contributed by atoms with Crippen LogP contribution in [-0.2, 0) is 16.4 Å². The van der Waals surface area contributed by atoms with E-state index in [0.717, 1.165) is 74.1 Å². The summed E-state index contributed by atoms with van der Waals surface area (Å²) in [5.41, 5.74) is 3.51. The molecule has 3 aromatic rings. The van der Waals surface area contributed by atoms with E-state index >= 15 is 0 Å². The predicted molar refractivity (Wildman–Crippen MR) is 183 cm³/mol. The number of ether oxygens (including phenoxy) is 2. The van der Waals surface area contributed by atoms with Gasteiger partial charge >= 0.3 is 0 Å². The van der Waals surface area contributed by atoms with Crippen molar-refractivity contribution in [2.24, 2.45) is 0 Å². The summed E-state index contributed by atoms with van der Waals surface area (Å²) in [5.74, 6) is 1.90. The Hall–Kier alpha value is -3.04. The number of nitrogens with zero attached hydrogens (tertiary/aromatic N) is 5. The number of hydrogen-bond donors (Lipinski definition) is 3. The molecule has 0 atom stereocenters. The van der Waals surface area contributed by atoms with E-state index in [1.54, 1.807) is 19.2 Å². The molecule has 15 heteroatoms. The molecule has 2 saturated heterocycles. The van der Waals surface area contributed by atoms with Crippen molar-refractivity contribution in [1.82, 2.24) is 19.8 Å². The minimum Gasteiger partial charge on any atom is -0.494 e. The largest absolute Gasteiger partial charge is 0.494 e. The third-order valence-electron chi connectivity index (χ3n) is 8.50. The SMILES string of the molecule is COc1cc(N2CCC(N3CCN(C)CC3)CC2)c(Br)cc1Nc1ncc(Cl)c(Nc2cc3c(cc2NS(C)(=O)=O)CCO3)n1. The topological polar surface area (TPSA) is 124 Å². The van der Waals surface area contributed by atoms with Crippen LogP contribution in [0.5, 0.6) is 11.5 Å². The lowest BCUT2D eigenvalue weighted by Crippen LogP contribution is -2.52. The van der Waals surface area contributed by atoms with Gasteiger partial charge in [0.1, 0.15) is 16.5 Å². The van der Waals surface area contributed by atoms with Gasteiger partial charge in [0.2, 0.25) is 16.0 Å². The summed E-state index contributed by atoms with van der Waals surface area (Å²) in [4.78, 5) is 16.4. The normalized spacial score (nSPS) is 17.9. The standard InChI is InChI=1S/C30H38BrClN8O4S/c1-38-9-11-39(12-10-38)20-4-7-40(8-5-20)26-17-28(43-2)25(15-21(26)31)35-30-33-18-22(32)29(36-30)34-23-16-27-19(6-13-44-27)14-24(23)37-45(3,41)42/h14-18,20,37H,4-13H2,1-3H3,(H2,33,34,35,36). The van der Waals surface area contributed by atoms with Gasteiger partial charge in [0.15, 0.2) is 5.82 Å². The second-order valence-electron chi connectivity index (χ2n) is 11.7. The fourth-order valence-corrected chi connectivity index (χ4v) is 7.39. The van der Waals surface area contributed by atoms with Crippen LogP contribution in [0.25, 0.3) is 0 Å². The predicted octanol–water partition coefficient (Wildman–Crippen LogP) is 4.91. The van der Waals surface area contributed by atoms with Crippen LogP contribution in [0.4, 0.5) is 34.5 Å². The van der Waals surface area contributed by atoms with Gasteiger partial charge in [-0.3, -0.25) is 9.62 Å². The molecule has 0 aliphatic carbocycles. The Kier molecular flexibility index (Phi) is 9.48. The Morgan fingerprint density at radius 3 is 2.49 bits per heavy atom. The number of fused-ring (bicyclic) bond motifs is 1. The first-order valence-corrected chi connectivity index (χ1v) is 18.0. The van der Waals surface area contributed by atoms with Gasteiger partial charge in [0, 0.05) is 68.3 Å². The Morgan fingerprint density at radius 1 is 1.02 bits per heavy atom. The number of rotatable bonds is 9. The average molecular weight is 722 g/mol. The fraction of sp³-hybridized carbons (Fsp3) is 0.467. The number of aromatic nitrogens is 2. The Labute approximate surface area is 277 Å². The molecule has 0 unspecified atom stereocenters. The van der Waals surface area contributed by atoms with E-state index in [0.29, 0.717) is 53.4 Å². The molecule has 0 amide bonds. The molecule has 2 fully saturated rings. The van der Waals surface area contributed by atoms with Crippen LogP contribution >= 0.6 is 27.5 Å². The molecule has 4 heterocycles. The molecule has 0 radical (unpaired) electrons. The van der Waals surface area contributed by atoms with E-state index in [2.05, 4.69) is 63.0 Å². The van der Waals surface area contributed by atoms with E-state index in [1.807, 2.05) is 12.1 Å². The second kappa shape index (κ2) is 13.4. The van der Waals surface area contributed by atoms with E-state index in [9.17, 15) is 8.42 Å². The van der Waals surface area contributed by atoms with Crippen molar-refractivity contribution in [2.45, 2.75) is 25.3 Å². The molecule has 1 aromatic heterocycles. The summed E-state index contributed by atoms with van der Waals surface area (Å²) in [5, 5.41) is 6.67. The number of nitrogens with one attached hydrogen (secondary N) is 3. The highest BCUT2D eigenvalue weighted by Gasteiger charge is 2.28. The summed E-state index contributed by atoms with van der Waals surface area (Å²) in [7, 11) is 0.297. The van der Waals surface area contributed by atoms with Gasteiger partial charge in [-0.2, -0.15) is 4.98 Å². The smallest absolute Gasteiger partial charge is 0.229 e. The Balaban J connectivity index is 1.18. The number of sulfonamides is 1. The zero-order valence-electron chi connectivity index (χ0n) is 25.6.